The lowest BCUT2D eigenvalue weighted by atomic mass is 10.0. The second-order valence-electron chi connectivity index (χ2n) is 3.54. The Morgan fingerprint density at radius 1 is 0.895 bits per heavy atom. The highest BCUT2D eigenvalue weighted by Gasteiger charge is 2.36. The highest BCUT2D eigenvalue weighted by atomic mass is 79.9. The molecule has 0 fully saturated rings. The van der Waals surface area contributed by atoms with Gasteiger partial charge in [-0.15, -0.1) is 0 Å². The van der Waals surface area contributed by atoms with Crippen molar-refractivity contribution < 1.29 is 26.3 Å². The molecule has 0 aliphatic heterocycles. The Morgan fingerprint density at radius 3 is 1.74 bits per heavy atom. The summed E-state index contributed by atoms with van der Waals surface area (Å²) in [5.41, 5.74) is -3.01. The van der Waals surface area contributed by atoms with Gasteiger partial charge in [-0.05, 0) is 18.2 Å². The lowest BCUT2D eigenvalue weighted by Gasteiger charge is -2.12. The SMILES string of the molecule is FC(F)(F)c1cc(C#CCCBr)cc(C(F)(F)F)c1. The number of benzene rings is 1. The zero-order chi connectivity index (χ0) is 14.7. The molecule has 0 N–H and O–H groups in total. The van der Waals surface area contributed by atoms with Crippen molar-refractivity contribution in [3.05, 3.63) is 34.9 Å². The molecular weight excluding hydrogens is 338 g/mol. The van der Waals surface area contributed by atoms with Gasteiger partial charge >= 0.3 is 12.4 Å². The van der Waals surface area contributed by atoms with Gasteiger partial charge in [0.1, 0.15) is 0 Å². The van der Waals surface area contributed by atoms with E-state index in [1.807, 2.05) is 0 Å². The second-order valence-corrected chi connectivity index (χ2v) is 4.33. The van der Waals surface area contributed by atoms with Crippen LogP contribution in [0.25, 0.3) is 0 Å². The summed E-state index contributed by atoms with van der Waals surface area (Å²) in [5.74, 6) is 4.77. The molecule has 0 aromatic heterocycles. The molecule has 1 aromatic rings. The number of alkyl halides is 7. The summed E-state index contributed by atoms with van der Waals surface area (Å²) < 4.78 is 75.0. The predicted molar refractivity (Wildman–Crippen MR) is 61.7 cm³/mol. The quantitative estimate of drug-likeness (QED) is 0.387. The summed E-state index contributed by atoms with van der Waals surface area (Å²) in [4.78, 5) is 0. The fourth-order valence-corrected chi connectivity index (χ4v) is 1.44. The molecule has 0 bridgehead atoms. The Bertz CT molecular complexity index is 471. The van der Waals surface area contributed by atoms with Crippen molar-refractivity contribution in [3.63, 3.8) is 0 Å². The molecule has 1 aromatic carbocycles. The van der Waals surface area contributed by atoms with Gasteiger partial charge in [0.15, 0.2) is 0 Å². The van der Waals surface area contributed by atoms with E-state index < -0.39 is 23.5 Å². The van der Waals surface area contributed by atoms with Crippen molar-refractivity contribution in [1.29, 1.82) is 0 Å². The Balaban J connectivity index is 3.30. The maximum atomic E-state index is 12.5. The maximum Gasteiger partial charge on any atom is 0.416 e. The first-order valence-corrected chi connectivity index (χ1v) is 6.11. The monoisotopic (exact) mass is 344 g/mol. The highest BCUT2D eigenvalue weighted by molar-refractivity contribution is 9.09. The van der Waals surface area contributed by atoms with E-state index in [2.05, 4.69) is 27.8 Å². The average molecular weight is 345 g/mol. The first-order chi connectivity index (χ1) is 8.64. The Kier molecular flexibility index (Phi) is 4.91. The van der Waals surface area contributed by atoms with E-state index in [0.29, 0.717) is 23.9 Å². The Labute approximate surface area is 113 Å². The largest absolute Gasteiger partial charge is 0.416 e. The molecule has 0 atom stereocenters. The van der Waals surface area contributed by atoms with Gasteiger partial charge in [-0.1, -0.05) is 27.8 Å². The summed E-state index contributed by atoms with van der Waals surface area (Å²) in [6.07, 6.45) is -9.35. The van der Waals surface area contributed by atoms with Gasteiger partial charge in [0.2, 0.25) is 0 Å². The van der Waals surface area contributed by atoms with Crippen LogP contribution in [-0.2, 0) is 12.4 Å². The fraction of sp³-hybridized carbons (Fsp3) is 0.333. The van der Waals surface area contributed by atoms with Gasteiger partial charge in [-0.2, -0.15) is 26.3 Å². The zero-order valence-electron chi connectivity index (χ0n) is 9.29. The van der Waals surface area contributed by atoms with Crippen LogP contribution in [0.5, 0.6) is 0 Å². The molecular formula is C12H7BrF6. The van der Waals surface area contributed by atoms with Gasteiger partial charge in [0.25, 0.3) is 0 Å². The molecule has 0 saturated carbocycles. The highest BCUT2D eigenvalue weighted by Crippen LogP contribution is 2.36. The van der Waals surface area contributed by atoms with Gasteiger partial charge < -0.3 is 0 Å². The van der Waals surface area contributed by atoms with E-state index >= 15 is 0 Å². The van der Waals surface area contributed by atoms with Crippen LogP contribution < -0.4 is 0 Å². The van der Waals surface area contributed by atoms with Crippen LogP contribution in [0.15, 0.2) is 18.2 Å². The van der Waals surface area contributed by atoms with Crippen molar-refractivity contribution in [2.75, 3.05) is 5.33 Å². The van der Waals surface area contributed by atoms with E-state index in [9.17, 15) is 26.3 Å². The lowest BCUT2D eigenvalue weighted by Crippen LogP contribution is -2.11. The van der Waals surface area contributed by atoms with E-state index in [1.54, 1.807) is 0 Å². The van der Waals surface area contributed by atoms with E-state index in [-0.39, 0.29) is 11.6 Å². The Hall–Kier alpha value is -1.16. The van der Waals surface area contributed by atoms with Crippen LogP contribution in [-0.4, -0.2) is 5.33 Å². The van der Waals surface area contributed by atoms with Crippen molar-refractivity contribution in [2.24, 2.45) is 0 Å². The molecule has 0 nitrogen and oxygen atoms in total. The fourth-order valence-electron chi connectivity index (χ4n) is 1.24. The molecule has 0 amide bonds. The standard InChI is InChI=1S/C12H7BrF6/c13-4-2-1-3-8-5-9(11(14,15)16)7-10(6-8)12(17,18)19/h5-7H,2,4H2. The molecule has 104 valence electrons. The Morgan fingerprint density at radius 2 is 1.37 bits per heavy atom. The molecule has 0 spiro atoms. The third-order valence-corrected chi connectivity index (χ3v) is 2.44. The second kappa shape index (κ2) is 5.87. The molecule has 1 rings (SSSR count). The topological polar surface area (TPSA) is 0 Å². The molecule has 0 unspecified atom stereocenters. The smallest absolute Gasteiger partial charge is 0.166 e. The molecule has 7 heteroatoms. The minimum atomic E-state index is -4.84. The number of hydrogen-bond donors (Lipinski definition) is 0. The summed E-state index contributed by atoms with van der Waals surface area (Å²) >= 11 is 3.05. The van der Waals surface area contributed by atoms with Gasteiger partial charge in [-0.25, -0.2) is 0 Å². The lowest BCUT2D eigenvalue weighted by molar-refractivity contribution is -0.143. The third kappa shape index (κ3) is 4.78. The molecule has 0 radical (unpaired) electrons. The van der Waals surface area contributed by atoms with E-state index in [4.69, 9.17) is 0 Å². The summed E-state index contributed by atoms with van der Waals surface area (Å²) in [5, 5.41) is 0.491. The molecule has 0 heterocycles. The maximum absolute atomic E-state index is 12.5. The molecule has 0 saturated heterocycles. The summed E-state index contributed by atoms with van der Waals surface area (Å²) in [6, 6.07) is 1.29. The number of rotatable bonds is 1. The van der Waals surface area contributed by atoms with Gasteiger partial charge in [-0.3, -0.25) is 0 Å². The van der Waals surface area contributed by atoms with Crippen molar-refractivity contribution in [2.45, 2.75) is 18.8 Å². The van der Waals surface area contributed by atoms with E-state index in [1.165, 1.54) is 0 Å². The molecule has 19 heavy (non-hydrogen) atoms. The summed E-state index contributed by atoms with van der Waals surface area (Å²) in [6.45, 7) is 0. The van der Waals surface area contributed by atoms with Gasteiger partial charge in [0.05, 0.1) is 11.1 Å². The van der Waals surface area contributed by atoms with Crippen molar-refractivity contribution in [3.8, 4) is 11.8 Å². The number of hydrogen-bond acceptors (Lipinski definition) is 0. The first kappa shape index (κ1) is 15.9. The average Bonchev–Trinajstić information content (AvgIpc) is 2.27. The third-order valence-electron chi connectivity index (χ3n) is 2.04. The van der Waals surface area contributed by atoms with Crippen LogP contribution in [0.3, 0.4) is 0 Å². The van der Waals surface area contributed by atoms with Gasteiger partial charge in [0, 0.05) is 17.3 Å². The minimum absolute atomic E-state index is 0.0790. The van der Waals surface area contributed by atoms with Crippen LogP contribution in [0.1, 0.15) is 23.1 Å². The van der Waals surface area contributed by atoms with Crippen molar-refractivity contribution >= 4 is 15.9 Å². The summed E-state index contributed by atoms with van der Waals surface area (Å²) in [7, 11) is 0. The number of halogens is 7. The molecule has 0 aliphatic rings. The van der Waals surface area contributed by atoms with Crippen LogP contribution in [0.2, 0.25) is 0 Å². The molecule has 0 aliphatic carbocycles. The zero-order valence-corrected chi connectivity index (χ0v) is 10.9. The van der Waals surface area contributed by atoms with Crippen molar-refractivity contribution in [1.82, 2.24) is 0 Å². The van der Waals surface area contributed by atoms with Crippen LogP contribution in [0.4, 0.5) is 26.3 Å². The van der Waals surface area contributed by atoms with Crippen LogP contribution in [0, 0.1) is 11.8 Å². The predicted octanol–water partition coefficient (Wildman–Crippen LogP) is 4.86. The van der Waals surface area contributed by atoms with Crippen LogP contribution >= 0.6 is 15.9 Å². The normalized spacial score (nSPS) is 11.9. The van der Waals surface area contributed by atoms with E-state index in [0.717, 1.165) is 0 Å². The first-order valence-electron chi connectivity index (χ1n) is 4.99. The minimum Gasteiger partial charge on any atom is -0.166 e.